The van der Waals surface area contributed by atoms with Crippen molar-refractivity contribution in [3.63, 3.8) is 0 Å². The summed E-state index contributed by atoms with van der Waals surface area (Å²) in [5.41, 5.74) is 5.62. The topological polar surface area (TPSA) is 43.8 Å². The SMILES string of the molecule is CC(C)(C)n1ccnc1N.Cl.Cl. The van der Waals surface area contributed by atoms with Crippen LogP contribution < -0.4 is 5.73 Å². The van der Waals surface area contributed by atoms with Gasteiger partial charge in [0.05, 0.1) is 0 Å². The summed E-state index contributed by atoms with van der Waals surface area (Å²) in [5, 5.41) is 0. The fraction of sp³-hybridized carbons (Fsp3) is 0.571. The molecule has 1 aromatic heterocycles. The van der Waals surface area contributed by atoms with Crippen LogP contribution in [0.15, 0.2) is 12.4 Å². The second kappa shape index (κ2) is 4.58. The molecule has 0 spiro atoms. The number of hydrogen-bond acceptors (Lipinski definition) is 2. The summed E-state index contributed by atoms with van der Waals surface area (Å²) in [7, 11) is 0. The number of rotatable bonds is 0. The Labute approximate surface area is 85.2 Å². The van der Waals surface area contributed by atoms with Crippen LogP contribution in [0, 0.1) is 0 Å². The summed E-state index contributed by atoms with van der Waals surface area (Å²) >= 11 is 0. The number of imidazole rings is 1. The average Bonchev–Trinajstić information content (AvgIpc) is 2.11. The maximum absolute atomic E-state index is 5.58. The van der Waals surface area contributed by atoms with E-state index in [0.717, 1.165) is 0 Å². The third-order valence-corrected chi connectivity index (χ3v) is 1.39. The van der Waals surface area contributed by atoms with Gasteiger partial charge in [-0.25, -0.2) is 4.98 Å². The zero-order chi connectivity index (χ0) is 7.78. The molecule has 0 aliphatic heterocycles. The molecule has 0 unspecified atom stereocenters. The maximum atomic E-state index is 5.58. The van der Waals surface area contributed by atoms with Crippen molar-refractivity contribution in [1.82, 2.24) is 9.55 Å². The van der Waals surface area contributed by atoms with Crippen molar-refractivity contribution < 1.29 is 0 Å². The van der Waals surface area contributed by atoms with Crippen molar-refractivity contribution >= 4 is 30.8 Å². The Balaban J connectivity index is 0. The Hall–Kier alpha value is -0.410. The Bertz CT molecular complexity index is 227. The van der Waals surface area contributed by atoms with Crippen LogP contribution in [-0.4, -0.2) is 9.55 Å². The Kier molecular flexibility index (Phi) is 5.39. The van der Waals surface area contributed by atoms with E-state index in [1.165, 1.54) is 0 Å². The minimum atomic E-state index is 0. The van der Waals surface area contributed by atoms with Gasteiger partial charge in [-0.15, -0.1) is 24.8 Å². The first-order valence-electron chi connectivity index (χ1n) is 3.31. The van der Waals surface area contributed by atoms with E-state index in [1.54, 1.807) is 6.20 Å². The Morgan fingerprint density at radius 3 is 2.00 bits per heavy atom. The highest BCUT2D eigenvalue weighted by atomic mass is 35.5. The van der Waals surface area contributed by atoms with Gasteiger partial charge in [0.15, 0.2) is 0 Å². The van der Waals surface area contributed by atoms with Crippen LogP contribution in [0.4, 0.5) is 5.95 Å². The molecular formula is C7H15Cl2N3. The van der Waals surface area contributed by atoms with Crippen LogP contribution in [-0.2, 0) is 5.54 Å². The molecule has 1 rings (SSSR count). The summed E-state index contributed by atoms with van der Waals surface area (Å²) in [4.78, 5) is 3.92. The lowest BCUT2D eigenvalue weighted by Crippen LogP contribution is -2.22. The Morgan fingerprint density at radius 1 is 1.33 bits per heavy atom. The maximum Gasteiger partial charge on any atom is 0.200 e. The molecule has 0 aromatic carbocycles. The number of anilines is 1. The highest BCUT2D eigenvalue weighted by molar-refractivity contribution is 5.85. The number of nitrogens with zero attached hydrogens (tertiary/aromatic N) is 2. The molecule has 0 atom stereocenters. The second-order valence-electron chi connectivity index (χ2n) is 3.33. The molecule has 0 aliphatic rings. The van der Waals surface area contributed by atoms with E-state index in [-0.39, 0.29) is 30.4 Å². The lowest BCUT2D eigenvalue weighted by Gasteiger charge is -2.21. The minimum Gasteiger partial charge on any atom is -0.369 e. The number of nitrogens with two attached hydrogens (primary N) is 1. The van der Waals surface area contributed by atoms with Crippen LogP contribution in [0.5, 0.6) is 0 Å². The third kappa shape index (κ3) is 2.91. The molecule has 5 heteroatoms. The van der Waals surface area contributed by atoms with Crippen molar-refractivity contribution in [3.05, 3.63) is 12.4 Å². The summed E-state index contributed by atoms with van der Waals surface area (Å²) in [6, 6.07) is 0. The summed E-state index contributed by atoms with van der Waals surface area (Å²) in [6.45, 7) is 6.26. The molecule has 72 valence electrons. The fourth-order valence-corrected chi connectivity index (χ4v) is 0.882. The standard InChI is InChI=1S/C7H13N3.2ClH/c1-7(2,3)10-5-4-9-6(10)8;;/h4-5H,1-3H3,(H2,8,9);2*1H. The first kappa shape index (κ1) is 14.1. The lowest BCUT2D eigenvalue weighted by atomic mass is 10.1. The smallest absolute Gasteiger partial charge is 0.200 e. The van der Waals surface area contributed by atoms with Gasteiger partial charge in [0.1, 0.15) is 0 Å². The van der Waals surface area contributed by atoms with E-state index in [4.69, 9.17) is 5.73 Å². The second-order valence-corrected chi connectivity index (χ2v) is 3.33. The normalized spacial score (nSPS) is 9.92. The molecular weight excluding hydrogens is 197 g/mol. The molecule has 2 N–H and O–H groups in total. The minimum absolute atomic E-state index is 0. The van der Waals surface area contributed by atoms with Crippen LogP contribution in [0.1, 0.15) is 20.8 Å². The molecule has 0 aliphatic carbocycles. The quantitative estimate of drug-likeness (QED) is 0.715. The van der Waals surface area contributed by atoms with Gasteiger partial charge >= 0.3 is 0 Å². The van der Waals surface area contributed by atoms with E-state index in [0.29, 0.717) is 5.95 Å². The summed E-state index contributed by atoms with van der Waals surface area (Å²) < 4.78 is 1.94. The van der Waals surface area contributed by atoms with Crippen LogP contribution >= 0.6 is 24.8 Å². The molecule has 0 bridgehead atoms. The molecule has 0 fully saturated rings. The molecule has 0 amide bonds. The molecule has 0 saturated heterocycles. The van der Waals surface area contributed by atoms with Gasteiger partial charge in [-0.3, -0.25) is 0 Å². The molecule has 0 radical (unpaired) electrons. The summed E-state index contributed by atoms with van der Waals surface area (Å²) in [6.07, 6.45) is 3.59. The van der Waals surface area contributed by atoms with E-state index in [9.17, 15) is 0 Å². The van der Waals surface area contributed by atoms with Crippen LogP contribution in [0.25, 0.3) is 0 Å². The van der Waals surface area contributed by atoms with Gasteiger partial charge < -0.3 is 10.3 Å². The zero-order valence-electron chi connectivity index (χ0n) is 7.44. The van der Waals surface area contributed by atoms with Gasteiger partial charge in [-0.2, -0.15) is 0 Å². The predicted octanol–water partition coefficient (Wildman–Crippen LogP) is 2.06. The van der Waals surface area contributed by atoms with E-state index in [1.807, 2.05) is 10.8 Å². The number of halogens is 2. The molecule has 1 aromatic rings. The van der Waals surface area contributed by atoms with Crippen LogP contribution in [0.3, 0.4) is 0 Å². The van der Waals surface area contributed by atoms with Gasteiger partial charge in [0.25, 0.3) is 0 Å². The van der Waals surface area contributed by atoms with Crippen molar-refractivity contribution in [2.75, 3.05) is 5.73 Å². The number of aromatic nitrogens is 2. The predicted molar refractivity (Wildman–Crippen MR) is 56.1 cm³/mol. The van der Waals surface area contributed by atoms with Gasteiger partial charge in [0.2, 0.25) is 5.95 Å². The zero-order valence-corrected chi connectivity index (χ0v) is 9.08. The van der Waals surface area contributed by atoms with Gasteiger partial charge in [-0.1, -0.05) is 0 Å². The molecule has 0 saturated carbocycles. The molecule has 3 nitrogen and oxygen atoms in total. The van der Waals surface area contributed by atoms with Crippen molar-refractivity contribution in [1.29, 1.82) is 0 Å². The van der Waals surface area contributed by atoms with E-state index in [2.05, 4.69) is 25.8 Å². The van der Waals surface area contributed by atoms with E-state index >= 15 is 0 Å². The van der Waals surface area contributed by atoms with Crippen molar-refractivity contribution in [3.8, 4) is 0 Å². The van der Waals surface area contributed by atoms with Gasteiger partial charge in [-0.05, 0) is 20.8 Å². The summed E-state index contributed by atoms with van der Waals surface area (Å²) in [5.74, 6) is 0.576. The van der Waals surface area contributed by atoms with Crippen LogP contribution in [0.2, 0.25) is 0 Å². The molecule has 12 heavy (non-hydrogen) atoms. The third-order valence-electron chi connectivity index (χ3n) is 1.39. The number of hydrogen-bond donors (Lipinski definition) is 1. The van der Waals surface area contributed by atoms with Crippen molar-refractivity contribution in [2.24, 2.45) is 0 Å². The monoisotopic (exact) mass is 211 g/mol. The highest BCUT2D eigenvalue weighted by Gasteiger charge is 2.13. The molecule has 1 heterocycles. The lowest BCUT2D eigenvalue weighted by molar-refractivity contribution is 0.403. The average molecular weight is 212 g/mol. The first-order chi connectivity index (χ1) is 4.52. The highest BCUT2D eigenvalue weighted by Crippen LogP contribution is 2.16. The number of nitrogen functional groups attached to an aromatic ring is 1. The largest absolute Gasteiger partial charge is 0.369 e. The fourth-order valence-electron chi connectivity index (χ4n) is 0.882. The first-order valence-corrected chi connectivity index (χ1v) is 3.31. The van der Waals surface area contributed by atoms with Gasteiger partial charge in [0, 0.05) is 17.9 Å². The Morgan fingerprint density at radius 2 is 1.83 bits per heavy atom. The van der Waals surface area contributed by atoms with Crippen molar-refractivity contribution in [2.45, 2.75) is 26.3 Å². The van der Waals surface area contributed by atoms with E-state index < -0.39 is 0 Å².